The fraction of sp³-hybridized carbons (Fsp3) is 0.385. The van der Waals surface area contributed by atoms with Gasteiger partial charge < -0.3 is 9.63 Å². The van der Waals surface area contributed by atoms with E-state index in [0.717, 1.165) is 22.2 Å². The van der Waals surface area contributed by atoms with Crippen LogP contribution in [0.25, 0.3) is 11.0 Å². The van der Waals surface area contributed by atoms with E-state index in [2.05, 4.69) is 5.16 Å². The van der Waals surface area contributed by atoms with E-state index < -0.39 is 5.97 Å². The molecule has 1 saturated carbocycles. The zero-order chi connectivity index (χ0) is 11.8. The van der Waals surface area contributed by atoms with Crippen LogP contribution >= 0.6 is 0 Å². The number of fused-ring (bicyclic) bond motifs is 1. The fourth-order valence-corrected chi connectivity index (χ4v) is 2.06. The first-order valence-corrected chi connectivity index (χ1v) is 5.84. The summed E-state index contributed by atoms with van der Waals surface area (Å²) < 4.78 is 5.30. The zero-order valence-electron chi connectivity index (χ0n) is 9.35. The molecule has 2 aromatic rings. The summed E-state index contributed by atoms with van der Waals surface area (Å²) in [5.41, 5.74) is 2.82. The summed E-state index contributed by atoms with van der Waals surface area (Å²) in [6, 6.07) is 5.86. The molecule has 88 valence electrons. The molecule has 0 atom stereocenters. The first-order chi connectivity index (χ1) is 8.24. The van der Waals surface area contributed by atoms with Gasteiger partial charge in [0, 0.05) is 17.7 Å². The molecule has 1 aromatic carbocycles. The lowest BCUT2D eigenvalue weighted by molar-refractivity contribution is -0.136. The monoisotopic (exact) mass is 231 g/mol. The van der Waals surface area contributed by atoms with Gasteiger partial charge in [-0.1, -0.05) is 11.2 Å². The number of benzene rings is 1. The van der Waals surface area contributed by atoms with Crippen molar-refractivity contribution in [3.63, 3.8) is 0 Å². The molecule has 0 bridgehead atoms. The van der Waals surface area contributed by atoms with E-state index in [0.29, 0.717) is 12.3 Å². The molecule has 0 unspecified atom stereocenters. The normalized spacial score (nSPS) is 15.3. The number of rotatable bonds is 4. The van der Waals surface area contributed by atoms with Crippen LogP contribution in [0.4, 0.5) is 0 Å². The van der Waals surface area contributed by atoms with Crippen LogP contribution in [-0.2, 0) is 11.2 Å². The number of nitrogens with zero attached hydrogens (tertiary/aromatic N) is 1. The van der Waals surface area contributed by atoms with Crippen molar-refractivity contribution in [2.24, 2.45) is 0 Å². The average Bonchev–Trinajstić information content (AvgIpc) is 3.07. The maximum Gasteiger partial charge on any atom is 0.303 e. The predicted octanol–water partition coefficient (Wildman–Crippen LogP) is 2.72. The number of aromatic nitrogens is 1. The summed E-state index contributed by atoms with van der Waals surface area (Å²) in [4.78, 5) is 10.5. The van der Waals surface area contributed by atoms with Gasteiger partial charge in [-0.3, -0.25) is 4.79 Å². The Hall–Kier alpha value is -1.84. The summed E-state index contributed by atoms with van der Waals surface area (Å²) >= 11 is 0. The van der Waals surface area contributed by atoms with E-state index in [9.17, 15) is 4.79 Å². The Labute approximate surface area is 98.2 Å². The SMILES string of the molecule is O=C(O)CCc1ccc2c(C3CC3)noc2c1. The summed E-state index contributed by atoms with van der Waals surface area (Å²) in [5, 5.41) is 13.8. The molecule has 4 nitrogen and oxygen atoms in total. The Morgan fingerprint density at radius 2 is 2.29 bits per heavy atom. The first-order valence-electron chi connectivity index (χ1n) is 5.84. The van der Waals surface area contributed by atoms with E-state index in [1.165, 1.54) is 12.8 Å². The average molecular weight is 231 g/mol. The van der Waals surface area contributed by atoms with Gasteiger partial charge in [-0.15, -0.1) is 0 Å². The zero-order valence-corrected chi connectivity index (χ0v) is 9.35. The molecule has 1 N–H and O–H groups in total. The van der Waals surface area contributed by atoms with Crippen molar-refractivity contribution < 1.29 is 14.4 Å². The van der Waals surface area contributed by atoms with Gasteiger partial charge in [0.2, 0.25) is 0 Å². The van der Waals surface area contributed by atoms with Crippen molar-refractivity contribution in [2.45, 2.75) is 31.6 Å². The highest BCUT2D eigenvalue weighted by molar-refractivity contribution is 5.81. The van der Waals surface area contributed by atoms with Crippen molar-refractivity contribution >= 4 is 16.9 Å². The van der Waals surface area contributed by atoms with Crippen LogP contribution in [0.1, 0.15) is 36.4 Å². The van der Waals surface area contributed by atoms with Gasteiger partial charge >= 0.3 is 5.97 Å². The summed E-state index contributed by atoms with van der Waals surface area (Å²) in [5.74, 6) is -0.206. The summed E-state index contributed by atoms with van der Waals surface area (Å²) in [6.07, 6.45) is 3.07. The summed E-state index contributed by atoms with van der Waals surface area (Å²) in [6.45, 7) is 0. The van der Waals surface area contributed by atoms with Gasteiger partial charge in [-0.05, 0) is 37.0 Å². The van der Waals surface area contributed by atoms with Gasteiger partial charge in [0.1, 0.15) is 0 Å². The van der Waals surface area contributed by atoms with Crippen LogP contribution in [0.15, 0.2) is 22.7 Å². The molecule has 17 heavy (non-hydrogen) atoms. The lowest BCUT2D eigenvalue weighted by atomic mass is 10.1. The minimum absolute atomic E-state index is 0.148. The highest BCUT2D eigenvalue weighted by atomic mass is 16.5. The predicted molar refractivity (Wildman–Crippen MR) is 61.9 cm³/mol. The van der Waals surface area contributed by atoms with E-state index in [4.69, 9.17) is 9.63 Å². The highest BCUT2D eigenvalue weighted by Crippen LogP contribution is 2.42. The largest absolute Gasteiger partial charge is 0.481 e. The van der Waals surface area contributed by atoms with Crippen LogP contribution < -0.4 is 0 Å². The number of hydrogen-bond donors (Lipinski definition) is 1. The van der Waals surface area contributed by atoms with Crippen LogP contribution in [0.2, 0.25) is 0 Å². The number of aliphatic carboxylic acids is 1. The number of aryl methyl sites for hydroxylation is 1. The molecule has 3 rings (SSSR count). The Kier molecular flexibility index (Phi) is 2.35. The molecule has 1 fully saturated rings. The van der Waals surface area contributed by atoms with Gasteiger partial charge in [0.05, 0.1) is 5.69 Å². The van der Waals surface area contributed by atoms with Crippen molar-refractivity contribution in [1.82, 2.24) is 5.16 Å². The molecular weight excluding hydrogens is 218 g/mol. The minimum Gasteiger partial charge on any atom is -0.481 e. The van der Waals surface area contributed by atoms with Gasteiger partial charge in [-0.2, -0.15) is 0 Å². The molecule has 1 heterocycles. The molecule has 1 aliphatic rings. The molecule has 0 radical (unpaired) electrons. The van der Waals surface area contributed by atoms with Crippen LogP contribution in [0.5, 0.6) is 0 Å². The van der Waals surface area contributed by atoms with Crippen molar-refractivity contribution in [3.8, 4) is 0 Å². The molecule has 0 aliphatic heterocycles. The standard InChI is InChI=1S/C13H13NO3/c15-12(16)6-2-8-1-5-10-11(7-8)17-14-13(10)9-3-4-9/h1,5,7,9H,2-4,6H2,(H,15,16). The van der Waals surface area contributed by atoms with Crippen molar-refractivity contribution in [3.05, 3.63) is 29.5 Å². The molecule has 1 aliphatic carbocycles. The first kappa shape index (κ1) is 10.3. The number of carbonyl (C=O) groups is 1. The topological polar surface area (TPSA) is 63.3 Å². The Balaban J connectivity index is 1.89. The lowest BCUT2D eigenvalue weighted by Crippen LogP contribution is -1.97. The fourth-order valence-electron chi connectivity index (χ4n) is 2.06. The van der Waals surface area contributed by atoms with E-state index >= 15 is 0 Å². The molecule has 4 heteroatoms. The second kappa shape index (κ2) is 3.87. The molecule has 0 spiro atoms. The van der Waals surface area contributed by atoms with Crippen molar-refractivity contribution in [1.29, 1.82) is 0 Å². The quantitative estimate of drug-likeness (QED) is 0.878. The Morgan fingerprint density at radius 3 is 3.00 bits per heavy atom. The van der Waals surface area contributed by atoms with Crippen LogP contribution in [-0.4, -0.2) is 16.2 Å². The van der Waals surface area contributed by atoms with E-state index in [-0.39, 0.29) is 6.42 Å². The second-order valence-corrected chi connectivity index (χ2v) is 4.57. The van der Waals surface area contributed by atoms with Gasteiger partial charge in [0.25, 0.3) is 0 Å². The maximum absolute atomic E-state index is 10.5. The third-order valence-corrected chi connectivity index (χ3v) is 3.16. The highest BCUT2D eigenvalue weighted by Gasteiger charge is 2.28. The third-order valence-electron chi connectivity index (χ3n) is 3.16. The van der Waals surface area contributed by atoms with Crippen LogP contribution in [0.3, 0.4) is 0 Å². The number of hydrogen-bond acceptors (Lipinski definition) is 3. The Bertz CT molecular complexity index is 569. The van der Waals surface area contributed by atoms with Gasteiger partial charge in [0.15, 0.2) is 5.58 Å². The smallest absolute Gasteiger partial charge is 0.303 e. The molecule has 0 saturated heterocycles. The lowest BCUT2D eigenvalue weighted by Gasteiger charge is -1.98. The minimum atomic E-state index is -0.777. The van der Waals surface area contributed by atoms with Crippen LogP contribution in [0, 0.1) is 0 Å². The van der Waals surface area contributed by atoms with Crippen molar-refractivity contribution in [2.75, 3.05) is 0 Å². The van der Waals surface area contributed by atoms with E-state index in [1.807, 2.05) is 18.2 Å². The molecular formula is C13H13NO3. The molecule has 0 amide bonds. The van der Waals surface area contributed by atoms with E-state index in [1.54, 1.807) is 0 Å². The second-order valence-electron chi connectivity index (χ2n) is 4.57. The summed E-state index contributed by atoms with van der Waals surface area (Å²) in [7, 11) is 0. The maximum atomic E-state index is 10.5. The third kappa shape index (κ3) is 2.02. The Morgan fingerprint density at radius 1 is 1.47 bits per heavy atom. The number of carboxylic acid groups (broad SMARTS) is 1. The van der Waals surface area contributed by atoms with Gasteiger partial charge in [-0.25, -0.2) is 0 Å². The molecule has 1 aromatic heterocycles. The number of carboxylic acids is 1.